The van der Waals surface area contributed by atoms with Crippen molar-refractivity contribution in [1.82, 2.24) is 5.32 Å². The second-order valence-electron chi connectivity index (χ2n) is 5.90. The fraction of sp³-hybridized carbons (Fsp3) is 0.500. The highest BCUT2D eigenvalue weighted by Crippen LogP contribution is 2.51. The lowest BCUT2D eigenvalue weighted by Crippen LogP contribution is -2.27. The number of anilines is 1. The third kappa shape index (κ3) is 3.05. The number of benzene rings is 1. The van der Waals surface area contributed by atoms with Crippen LogP contribution in [0, 0.1) is 11.3 Å². The first-order valence-electron chi connectivity index (χ1n) is 6.36. The Hall–Kier alpha value is -1.72. The number of carbonyl (C=O) groups is 1. The van der Waals surface area contributed by atoms with E-state index in [-0.39, 0.29) is 16.7 Å². The van der Waals surface area contributed by atoms with Gasteiger partial charge in [0.1, 0.15) is 0 Å². The normalized spacial score (nSPS) is 20.6. The molecular formula is C14H17F3N2O. The van der Waals surface area contributed by atoms with Crippen molar-refractivity contribution in [1.29, 1.82) is 0 Å². The molecule has 1 aromatic rings. The van der Waals surface area contributed by atoms with Gasteiger partial charge >= 0.3 is 6.18 Å². The molecule has 1 fully saturated rings. The third-order valence-corrected chi connectivity index (χ3v) is 3.85. The zero-order valence-electron chi connectivity index (χ0n) is 11.3. The lowest BCUT2D eigenvalue weighted by Gasteiger charge is -2.12. The van der Waals surface area contributed by atoms with Gasteiger partial charge in [-0.2, -0.15) is 13.2 Å². The molecule has 3 nitrogen and oxygen atoms in total. The van der Waals surface area contributed by atoms with E-state index in [0.717, 1.165) is 24.6 Å². The molecule has 0 aliphatic heterocycles. The summed E-state index contributed by atoms with van der Waals surface area (Å²) in [5.41, 5.74) is 4.83. The third-order valence-electron chi connectivity index (χ3n) is 3.85. The molecule has 2 rings (SSSR count). The van der Waals surface area contributed by atoms with E-state index in [1.807, 2.05) is 0 Å². The number of amides is 1. The van der Waals surface area contributed by atoms with E-state index < -0.39 is 17.6 Å². The van der Waals surface area contributed by atoms with Gasteiger partial charge in [0, 0.05) is 12.2 Å². The van der Waals surface area contributed by atoms with Crippen molar-refractivity contribution in [2.45, 2.75) is 26.4 Å². The highest BCUT2D eigenvalue weighted by Gasteiger charge is 2.45. The van der Waals surface area contributed by atoms with Gasteiger partial charge in [0.25, 0.3) is 5.91 Å². The summed E-state index contributed by atoms with van der Waals surface area (Å²) in [6, 6.07) is 2.78. The van der Waals surface area contributed by atoms with E-state index in [4.69, 9.17) is 5.73 Å². The molecule has 0 bridgehead atoms. The lowest BCUT2D eigenvalue weighted by atomic mass is 10.1. The average Bonchev–Trinajstić information content (AvgIpc) is 2.93. The Morgan fingerprint density at radius 3 is 2.55 bits per heavy atom. The van der Waals surface area contributed by atoms with Crippen molar-refractivity contribution in [2.24, 2.45) is 11.3 Å². The van der Waals surface area contributed by atoms with Crippen LogP contribution >= 0.6 is 0 Å². The lowest BCUT2D eigenvalue weighted by molar-refractivity contribution is -0.137. The number of hydrogen-bond donors (Lipinski definition) is 2. The SMILES string of the molecule is CC1(C)CC1CNC(=O)c1cc(C(F)(F)F)ccc1N. The molecule has 1 unspecified atom stereocenters. The molecule has 0 heterocycles. The van der Waals surface area contributed by atoms with Gasteiger partial charge in [0.2, 0.25) is 0 Å². The predicted molar refractivity (Wildman–Crippen MR) is 70.1 cm³/mol. The Bertz CT molecular complexity index is 538. The second kappa shape index (κ2) is 4.68. The average molecular weight is 286 g/mol. The summed E-state index contributed by atoms with van der Waals surface area (Å²) in [5.74, 6) is -0.185. The van der Waals surface area contributed by atoms with E-state index in [1.54, 1.807) is 0 Å². The van der Waals surface area contributed by atoms with E-state index in [0.29, 0.717) is 12.5 Å². The molecule has 110 valence electrons. The summed E-state index contributed by atoms with van der Waals surface area (Å²) in [6.45, 7) is 4.63. The molecule has 0 radical (unpaired) electrons. The molecule has 20 heavy (non-hydrogen) atoms. The number of carbonyl (C=O) groups excluding carboxylic acids is 1. The standard InChI is InChI=1S/C14H17F3N2O/c1-13(2)6-9(13)7-19-12(20)10-5-8(14(15,16)17)3-4-11(10)18/h3-5,9H,6-7,18H2,1-2H3,(H,19,20). The Balaban J connectivity index is 2.09. The van der Waals surface area contributed by atoms with Crippen molar-refractivity contribution < 1.29 is 18.0 Å². The zero-order valence-corrected chi connectivity index (χ0v) is 11.3. The van der Waals surface area contributed by atoms with Gasteiger partial charge in [0.05, 0.1) is 11.1 Å². The van der Waals surface area contributed by atoms with E-state index in [1.165, 1.54) is 0 Å². The minimum Gasteiger partial charge on any atom is -0.398 e. The first kappa shape index (κ1) is 14.7. The molecule has 1 aromatic carbocycles. The molecule has 3 N–H and O–H groups in total. The van der Waals surface area contributed by atoms with Crippen LogP contribution in [0.15, 0.2) is 18.2 Å². The number of halogens is 3. The monoisotopic (exact) mass is 286 g/mol. The maximum absolute atomic E-state index is 12.6. The highest BCUT2D eigenvalue weighted by atomic mass is 19.4. The highest BCUT2D eigenvalue weighted by molar-refractivity contribution is 5.99. The number of nitrogens with one attached hydrogen (secondary N) is 1. The van der Waals surface area contributed by atoms with Crippen molar-refractivity contribution in [3.63, 3.8) is 0 Å². The topological polar surface area (TPSA) is 55.1 Å². The van der Waals surface area contributed by atoms with Crippen LogP contribution in [-0.4, -0.2) is 12.5 Å². The molecule has 0 saturated heterocycles. The van der Waals surface area contributed by atoms with Gasteiger partial charge in [-0.15, -0.1) is 0 Å². The number of nitrogen functional groups attached to an aromatic ring is 1. The Labute approximate surface area is 115 Å². The van der Waals surface area contributed by atoms with Gasteiger partial charge in [0.15, 0.2) is 0 Å². The Morgan fingerprint density at radius 1 is 1.45 bits per heavy atom. The Kier molecular flexibility index (Phi) is 3.44. The van der Waals surface area contributed by atoms with Crippen molar-refractivity contribution in [3.05, 3.63) is 29.3 Å². The fourth-order valence-corrected chi connectivity index (χ4v) is 2.16. The summed E-state index contributed by atoms with van der Waals surface area (Å²) < 4.78 is 37.8. The van der Waals surface area contributed by atoms with Crippen LogP contribution in [0.1, 0.15) is 36.2 Å². The summed E-state index contributed by atoms with van der Waals surface area (Å²) in [4.78, 5) is 11.9. The first-order chi connectivity index (χ1) is 9.11. The van der Waals surface area contributed by atoms with E-state index in [9.17, 15) is 18.0 Å². The first-order valence-corrected chi connectivity index (χ1v) is 6.36. The van der Waals surface area contributed by atoms with Crippen LogP contribution in [0.25, 0.3) is 0 Å². The zero-order chi connectivity index (χ0) is 15.1. The van der Waals surface area contributed by atoms with Crippen molar-refractivity contribution >= 4 is 11.6 Å². The van der Waals surface area contributed by atoms with Crippen LogP contribution < -0.4 is 11.1 Å². The van der Waals surface area contributed by atoms with Crippen molar-refractivity contribution in [2.75, 3.05) is 12.3 Å². The summed E-state index contributed by atoms with van der Waals surface area (Å²) in [6.07, 6.45) is -3.48. The molecule has 1 amide bonds. The van der Waals surface area contributed by atoms with Gasteiger partial charge < -0.3 is 11.1 Å². The van der Waals surface area contributed by atoms with Gasteiger partial charge in [-0.05, 0) is 36.0 Å². The maximum Gasteiger partial charge on any atom is 0.416 e. The predicted octanol–water partition coefficient (Wildman–Crippen LogP) is 3.06. The van der Waals surface area contributed by atoms with Crippen LogP contribution in [0.2, 0.25) is 0 Å². The van der Waals surface area contributed by atoms with Crippen LogP contribution in [0.5, 0.6) is 0 Å². The van der Waals surface area contributed by atoms with Gasteiger partial charge in [-0.25, -0.2) is 0 Å². The second-order valence-corrected chi connectivity index (χ2v) is 5.90. The van der Waals surface area contributed by atoms with Gasteiger partial charge in [-0.1, -0.05) is 13.8 Å². The minimum absolute atomic E-state index is 0.0468. The van der Waals surface area contributed by atoms with Gasteiger partial charge in [-0.3, -0.25) is 4.79 Å². The van der Waals surface area contributed by atoms with Crippen molar-refractivity contribution in [3.8, 4) is 0 Å². The molecule has 1 aliphatic carbocycles. The number of hydrogen-bond acceptors (Lipinski definition) is 2. The summed E-state index contributed by atoms with van der Waals surface area (Å²) >= 11 is 0. The molecule has 6 heteroatoms. The molecule has 1 atom stereocenters. The minimum atomic E-state index is -4.48. The molecule has 1 saturated carbocycles. The van der Waals surface area contributed by atoms with Crippen LogP contribution in [0.3, 0.4) is 0 Å². The largest absolute Gasteiger partial charge is 0.416 e. The number of nitrogens with two attached hydrogens (primary N) is 1. The van der Waals surface area contributed by atoms with E-state index in [2.05, 4.69) is 19.2 Å². The molecule has 1 aliphatic rings. The summed E-state index contributed by atoms with van der Waals surface area (Å²) in [7, 11) is 0. The van der Waals surface area contributed by atoms with E-state index >= 15 is 0 Å². The number of alkyl halides is 3. The summed E-state index contributed by atoms with van der Waals surface area (Å²) in [5, 5.41) is 2.65. The maximum atomic E-state index is 12.6. The molecule has 0 spiro atoms. The molecule has 0 aromatic heterocycles. The number of rotatable bonds is 3. The van der Waals surface area contributed by atoms with Crippen LogP contribution in [0.4, 0.5) is 18.9 Å². The Morgan fingerprint density at radius 2 is 2.05 bits per heavy atom. The smallest absolute Gasteiger partial charge is 0.398 e. The fourth-order valence-electron chi connectivity index (χ4n) is 2.16. The molecular weight excluding hydrogens is 269 g/mol. The van der Waals surface area contributed by atoms with Crippen LogP contribution in [-0.2, 0) is 6.18 Å². The quantitative estimate of drug-likeness (QED) is 0.839.